The van der Waals surface area contributed by atoms with Gasteiger partial charge in [0.2, 0.25) is 0 Å². The van der Waals surface area contributed by atoms with E-state index in [-0.39, 0.29) is 12.1 Å². The minimum absolute atomic E-state index is 0.0172. The lowest BCUT2D eigenvalue weighted by Gasteiger charge is -2.11. The summed E-state index contributed by atoms with van der Waals surface area (Å²) in [6, 6.07) is 6.26. The van der Waals surface area contributed by atoms with Crippen LogP contribution in [0.2, 0.25) is 0 Å². The van der Waals surface area contributed by atoms with E-state index in [1.807, 2.05) is 23.4 Å². The Labute approximate surface area is 105 Å². The average molecular weight is 244 g/mol. The topological polar surface area (TPSA) is 50.2 Å². The molecule has 5 heteroatoms. The van der Waals surface area contributed by atoms with Crippen molar-refractivity contribution in [3.05, 3.63) is 30.1 Å². The first kappa shape index (κ1) is 11.1. The van der Waals surface area contributed by atoms with Crippen molar-refractivity contribution in [1.82, 2.24) is 19.8 Å². The highest BCUT2D eigenvalue weighted by atomic mass is 16.2. The summed E-state index contributed by atoms with van der Waals surface area (Å²) in [4.78, 5) is 17.8. The number of benzene rings is 1. The van der Waals surface area contributed by atoms with Gasteiger partial charge in [-0.05, 0) is 24.6 Å². The first-order valence-corrected chi connectivity index (χ1v) is 6.15. The molecule has 1 atom stereocenters. The quantitative estimate of drug-likeness (QED) is 0.873. The number of imidazole rings is 1. The lowest BCUT2D eigenvalue weighted by Crippen LogP contribution is -2.27. The molecule has 2 heterocycles. The van der Waals surface area contributed by atoms with Crippen molar-refractivity contribution in [3.63, 3.8) is 0 Å². The zero-order chi connectivity index (χ0) is 12.7. The van der Waals surface area contributed by atoms with Crippen LogP contribution in [0.15, 0.2) is 24.5 Å². The van der Waals surface area contributed by atoms with Crippen LogP contribution in [0.3, 0.4) is 0 Å². The van der Waals surface area contributed by atoms with E-state index in [9.17, 15) is 4.79 Å². The summed E-state index contributed by atoms with van der Waals surface area (Å²) in [5, 5.41) is 3.00. The van der Waals surface area contributed by atoms with Crippen LogP contribution in [-0.2, 0) is 7.05 Å². The van der Waals surface area contributed by atoms with Crippen LogP contribution in [0.4, 0.5) is 4.79 Å². The third-order valence-corrected chi connectivity index (χ3v) is 3.52. The van der Waals surface area contributed by atoms with Crippen LogP contribution in [-0.4, -0.2) is 33.6 Å². The predicted octanol–water partition coefficient (Wildman–Crippen LogP) is 1.66. The molecule has 1 aliphatic rings. The molecule has 1 N–H and O–H groups in total. The Morgan fingerprint density at radius 3 is 3.06 bits per heavy atom. The average Bonchev–Trinajstić information content (AvgIpc) is 2.93. The predicted molar refractivity (Wildman–Crippen MR) is 69.2 cm³/mol. The van der Waals surface area contributed by atoms with Gasteiger partial charge in [0.1, 0.15) is 0 Å². The maximum Gasteiger partial charge on any atom is 0.318 e. The molecule has 3 rings (SSSR count). The zero-order valence-corrected chi connectivity index (χ0v) is 10.6. The van der Waals surface area contributed by atoms with Crippen LogP contribution < -0.4 is 5.32 Å². The molecule has 1 unspecified atom stereocenters. The number of nitrogens with zero attached hydrogens (tertiary/aromatic N) is 3. The van der Waals surface area contributed by atoms with E-state index >= 15 is 0 Å². The van der Waals surface area contributed by atoms with Gasteiger partial charge in [-0.3, -0.25) is 0 Å². The second kappa shape index (κ2) is 4.01. The van der Waals surface area contributed by atoms with Gasteiger partial charge in [-0.2, -0.15) is 0 Å². The number of hydrogen-bond acceptors (Lipinski definition) is 2. The van der Waals surface area contributed by atoms with Crippen LogP contribution in [0.5, 0.6) is 0 Å². The summed E-state index contributed by atoms with van der Waals surface area (Å²) >= 11 is 0. The number of fused-ring (bicyclic) bond motifs is 1. The second-order valence-electron chi connectivity index (χ2n) is 4.64. The van der Waals surface area contributed by atoms with Crippen LogP contribution in [0.1, 0.15) is 18.5 Å². The molecule has 0 radical (unpaired) electrons. The normalized spacial score (nSPS) is 19.6. The van der Waals surface area contributed by atoms with E-state index in [2.05, 4.69) is 28.5 Å². The molecule has 18 heavy (non-hydrogen) atoms. The summed E-state index contributed by atoms with van der Waals surface area (Å²) in [5.41, 5.74) is 3.19. The molecule has 2 aromatic rings. The Morgan fingerprint density at radius 1 is 1.50 bits per heavy atom. The number of amides is 2. The van der Waals surface area contributed by atoms with Gasteiger partial charge in [0, 0.05) is 20.1 Å². The number of nitrogens with one attached hydrogen (secondary N) is 1. The van der Waals surface area contributed by atoms with Crippen molar-refractivity contribution >= 4 is 17.1 Å². The number of likely N-dealkylation sites (N-methyl/N-ethyl adjacent to an activating group) is 1. The fourth-order valence-corrected chi connectivity index (χ4v) is 2.42. The van der Waals surface area contributed by atoms with Gasteiger partial charge < -0.3 is 14.8 Å². The van der Waals surface area contributed by atoms with Crippen molar-refractivity contribution in [2.75, 3.05) is 13.1 Å². The molecule has 1 saturated heterocycles. The highest BCUT2D eigenvalue weighted by Gasteiger charge is 2.28. The molecular formula is C13H16N4O. The Balaban J connectivity index is 1.93. The van der Waals surface area contributed by atoms with E-state index < -0.39 is 0 Å². The second-order valence-corrected chi connectivity index (χ2v) is 4.64. The molecule has 0 aliphatic carbocycles. The number of aryl methyl sites for hydroxylation is 1. The monoisotopic (exact) mass is 244 g/mol. The number of rotatable bonds is 2. The van der Waals surface area contributed by atoms with Gasteiger partial charge in [0.15, 0.2) is 0 Å². The third-order valence-electron chi connectivity index (χ3n) is 3.52. The third kappa shape index (κ3) is 1.63. The minimum atomic E-state index is 0.0172. The molecule has 1 aliphatic heterocycles. The van der Waals surface area contributed by atoms with Crippen LogP contribution in [0, 0.1) is 0 Å². The fourth-order valence-electron chi connectivity index (χ4n) is 2.42. The van der Waals surface area contributed by atoms with Gasteiger partial charge in [-0.25, -0.2) is 9.78 Å². The number of carbonyl (C=O) groups is 1. The highest BCUT2D eigenvalue weighted by Crippen LogP contribution is 2.23. The lowest BCUT2D eigenvalue weighted by molar-refractivity contribution is 0.219. The minimum Gasteiger partial charge on any atom is -0.334 e. The van der Waals surface area contributed by atoms with Crippen molar-refractivity contribution in [3.8, 4) is 0 Å². The van der Waals surface area contributed by atoms with Crippen molar-refractivity contribution in [2.24, 2.45) is 7.05 Å². The fraction of sp³-hybridized carbons (Fsp3) is 0.385. The maximum atomic E-state index is 11.7. The molecule has 5 nitrogen and oxygen atoms in total. The zero-order valence-electron chi connectivity index (χ0n) is 10.6. The molecule has 1 aromatic heterocycles. The maximum absolute atomic E-state index is 11.7. The smallest absolute Gasteiger partial charge is 0.318 e. The molecule has 2 amide bonds. The standard InChI is InChI=1S/C13H16N4O/c1-3-17-7-11(15-13(17)18)9-4-5-12-10(6-9)14-8-16(12)2/h4-6,8,11H,3,7H2,1-2H3,(H,15,18). The summed E-state index contributed by atoms with van der Waals surface area (Å²) in [6.07, 6.45) is 1.81. The first-order chi connectivity index (χ1) is 8.69. The van der Waals surface area contributed by atoms with E-state index in [0.717, 1.165) is 29.7 Å². The summed E-state index contributed by atoms with van der Waals surface area (Å²) < 4.78 is 1.99. The van der Waals surface area contributed by atoms with E-state index in [0.29, 0.717) is 0 Å². The number of carbonyl (C=O) groups excluding carboxylic acids is 1. The van der Waals surface area contributed by atoms with Crippen molar-refractivity contribution in [2.45, 2.75) is 13.0 Å². The van der Waals surface area contributed by atoms with Crippen LogP contribution in [0.25, 0.3) is 11.0 Å². The largest absolute Gasteiger partial charge is 0.334 e. The van der Waals surface area contributed by atoms with Crippen LogP contribution >= 0.6 is 0 Å². The van der Waals surface area contributed by atoms with E-state index in [4.69, 9.17) is 0 Å². The Bertz CT molecular complexity index is 604. The van der Waals surface area contributed by atoms with Gasteiger partial charge in [0.05, 0.1) is 23.4 Å². The van der Waals surface area contributed by atoms with Gasteiger partial charge in [-0.1, -0.05) is 6.07 Å². The molecule has 0 spiro atoms. The summed E-state index contributed by atoms with van der Waals surface area (Å²) in [5.74, 6) is 0. The van der Waals surface area contributed by atoms with Crippen molar-refractivity contribution < 1.29 is 4.79 Å². The molecule has 1 aromatic carbocycles. The van der Waals surface area contributed by atoms with Gasteiger partial charge in [-0.15, -0.1) is 0 Å². The van der Waals surface area contributed by atoms with E-state index in [1.165, 1.54) is 0 Å². The number of aromatic nitrogens is 2. The molecule has 1 fully saturated rings. The van der Waals surface area contributed by atoms with Crippen molar-refractivity contribution in [1.29, 1.82) is 0 Å². The highest BCUT2D eigenvalue weighted by molar-refractivity contribution is 5.79. The lowest BCUT2D eigenvalue weighted by atomic mass is 10.1. The Hall–Kier alpha value is -2.04. The first-order valence-electron chi connectivity index (χ1n) is 6.15. The SMILES string of the molecule is CCN1CC(c2ccc3c(c2)ncn3C)NC1=O. The Morgan fingerprint density at radius 2 is 2.33 bits per heavy atom. The number of urea groups is 1. The molecule has 94 valence electrons. The number of hydrogen-bond donors (Lipinski definition) is 1. The molecular weight excluding hydrogens is 228 g/mol. The summed E-state index contributed by atoms with van der Waals surface area (Å²) in [7, 11) is 1.98. The van der Waals surface area contributed by atoms with E-state index in [1.54, 1.807) is 6.33 Å². The van der Waals surface area contributed by atoms with Gasteiger partial charge >= 0.3 is 6.03 Å². The molecule has 0 bridgehead atoms. The summed E-state index contributed by atoms with van der Waals surface area (Å²) in [6.45, 7) is 3.46. The molecule has 0 saturated carbocycles. The van der Waals surface area contributed by atoms with Gasteiger partial charge in [0.25, 0.3) is 0 Å². The Kier molecular flexibility index (Phi) is 2.47.